The van der Waals surface area contributed by atoms with Crippen molar-refractivity contribution in [3.63, 3.8) is 0 Å². The minimum absolute atomic E-state index is 0.0276. The average molecular weight is 562 g/mol. The van der Waals surface area contributed by atoms with Gasteiger partial charge in [0.2, 0.25) is 0 Å². The lowest BCUT2D eigenvalue weighted by atomic mass is 9.81. The first kappa shape index (κ1) is 35.3. The van der Waals surface area contributed by atoms with Crippen LogP contribution in [-0.2, 0) is 14.3 Å². The van der Waals surface area contributed by atoms with Crippen LogP contribution in [0.1, 0.15) is 61.3 Å². The summed E-state index contributed by atoms with van der Waals surface area (Å²) < 4.78 is 10.7. The van der Waals surface area contributed by atoms with Crippen LogP contribution in [0, 0.1) is 35.5 Å². The number of aliphatic hydroxyl groups excluding tert-OH is 3. The zero-order valence-electron chi connectivity index (χ0n) is 25.1. The van der Waals surface area contributed by atoms with Crippen molar-refractivity contribution in [1.29, 1.82) is 0 Å². The second-order valence-electron chi connectivity index (χ2n) is 11.5. The largest absolute Gasteiger partial charge is 0.458 e. The number of esters is 1. The molecular weight excluding hydrogens is 510 g/mol. The average Bonchev–Trinajstić information content (AvgIpc) is 2.89. The second kappa shape index (κ2) is 17.2. The molecule has 0 aliphatic carbocycles. The van der Waals surface area contributed by atoms with Gasteiger partial charge >= 0.3 is 12.1 Å². The van der Waals surface area contributed by atoms with Gasteiger partial charge in [-0.3, -0.25) is 0 Å². The fourth-order valence-electron chi connectivity index (χ4n) is 5.27. The first-order valence-electron chi connectivity index (χ1n) is 14.2. The van der Waals surface area contributed by atoms with Gasteiger partial charge in [0.25, 0.3) is 0 Å². The zero-order valence-corrected chi connectivity index (χ0v) is 25.1. The standard InChI is InChI=1S/C32H51NO7/c1-9-10-11-22(5)31(40-32(33)38)25(8)30(37)24(7)17-19(2)16-23(6)29(36)21(4)12-14-26(34)18-27-20(3)13-15-28(35)39-27/h9-16,20-27,29-31,34,36-37H,1,17-18H2,2-8H3,(H2,33,38)/b11-10-,14-12-,19-16-/t20-,21-,22-,23-,24-,25-,26+,27-,29-,30+,31-/m0/s1. The normalized spacial score (nSPS) is 24.9. The van der Waals surface area contributed by atoms with Gasteiger partial charge in [-0.15, -0.1) is 0 Å². The molecule has 1 rings (SSSR count). The highest BCUT2D eigenvalue weighted by Gasteiger charge is 2.33. The Morgan fingerprint density at radius 3 is 2.33 bits per heavy atom. The van der Waals surface area contributed by atoms with E-state index in [4.69, 9.17) is 15.2 Å². The number of nitrogens with two attached hydrogens (primary N) is 1. The SMILES string of the molecule is C=C/C=C\[C@H](C)[C@H](OC(N)=O)[C@@H](C)[C@H](O)[C@@H](C)C/C(C)=C\[C@H](C)[C@@H](O)[C@@H](C)/C=C\[C@@H](O)C[C@@H]1OC(=O)C=C[C@@H]1C. The number of hydrogen-bond acceptors (Lipinski definition) is 7. The van der Waals surface area contributed by atoms with E-state index in [0.717, 1.165) is 5.57 Å². The topological polar surface area (TPSA) is 139 Å². The molecule has 1 amide bonds. The van der Waals surface area contributed by atoms with Crippen molar-refractivity contribution in [3.8, 4) is 0 Å². The highest BCUT2D eigenvalue weighted by atomic mass is 16.6. The quantitative estimate of drug-likeness (QED) is 0.120. The number of rotatable bonds is 16. The molecule has 11 atom stereocenters. The molecule has 1 heterocycles. The molecular formula is C32H51NO7. The smallest absolute Gasteiger partial charge is 0.404 e. The van der Waals surface area contributed by atoms with Crippen LogP contribution < -0.4 is 5.73 Å². The van der Waals surface area contributed by atoms with E-state index in [9.17, 15) is 24.9 Å². The lowest BCUT2D eigenvalue weighted by molar-refractivity contribution is -0.147. The molecule has 1 aliphatic rings. The van der Waals surface area contributed by atoms with Crippen LogP contribution in [0.15, 0.2) is 60.8 Å². The van der Waals surface area contributed by atoms with Gasteiger partial charge in [0, 0.05) is 42.1 Å². The summed E-state index contributed by atoms with van der Waals surface area (Å²) in [6, 6.07) is 0. The van der Waals surface area contributed by atoms with Crippen LogP contribution in [0.5, 0.6) is 0 Å². The molecule has 8 nitrogen and oxygen atoms in total. The molecule has 1 aliphatic heterocycles. The van der Waals surface area contributed by atoms with E-state index < -0.39 is 36.5 Å². The Labute approximate surface area is 240 Å². The Hall–Kier alpha value is -2.68. The molecule has 0 unspecified atom stereocenters. The minimum Gasteiger partial charge on any atom is -0.458 e. The summed E-state index contributed by atoms with van der Waals surface area (Å²) in [4.78, 5) is 23.0. The van der Waals surface area contributed by atoms with Gasteiger partial charge in [-0.2, -0.15) is 0 Å². The zero-order chi connectivity index (χ0) is 30.6. The third kappa shape index (κ3) is 11.8. The molecule has 5 N–H and O–H groups in total. The maximum absolute atomic E-state index is 11.5. The maximum Gasteiger partial charge on any atom is 0.404 e. The van der Waals surface area contributed by atoms with Crippen LogP contribution in [0.4, 0.5) is 4.79 Å². The lowest BCUT2D eigenvalue weighted by Gasteiger charge is -2.33. The van der Waals surface area contributed by atoms with Crippen molar-refractivity contribution >= 4 is 12.1 Å². The summed E-state index contributed by atoms with van der Waals surface area (Å²) in [5.74, 6) is -1.43. The van der Waals surface area contributed by atoms with Crippen LogP contribution >= 0.6 is 0 Å². The molecule has 0 aromatic carbocycles. The van der Waals surface area contributed by atoms with Crippen LogP contribution in [0.25, 0.3) is 0 Å². The van der Waals surface area contributed by atoms with Gasteiger partial charge < -0.3 is 30.5 Å². The number of carbonyl (C=O) groups is 2. The summed E-state index contributed by atoms with van der Waals surface area (Å²) in [6.07, 6.45) is 10.7. The Bertz CT molecular complexity index is 940. The number of aliphatic hydroxyl groups is 3. The van der Waals surface area contributed by atoms with Gasteiger partial charge in [0.15, 0.2) is 0 Å². The van der Waals surface area contributed by atoms with E-state index >= 15 is 0 Å². The van der Waals surface area contributed by atoms with Gasteiger partial charge in [0.1, 0.15) is 12.2 Å². The van der Waals surface area contributed by atoms with E-state index in [1.54, 1.807) is 30.4 Å². The number of cyclic esters (lactones) is 1. The Balaban J connectivity index is 2.74. The maximum atomic E-state index is 11.5. The molecule has 0 saturated carbocycles. The monoisotopic (exact) mass is 561 g/mol. The van der Waals surface area contributed by atoms with Crippen LogP contribution in [0.3, 0.4) is 0 Å². The Morgan fingerprint density at radius 2 is 1.73 bits per heavy atom. The Kier molecular flexibility index (Phi) is 15.2. The Morgan fingerprint density at radius 1 is 1.07 bits per heavy atom. The van der Waals surface area contributed by atoms with E-state index in [1.165, 1.54) is 6.08 Å². The first-order valence-corrected chi connectivity index (χ1v) is 14.2. The summed E-state index contributed by atoms with van der Waals surface area (Å²) in [7, 11) is 0. The fourth-order valence-corrected chi connectivity index (χ4v) is 5.27. The molecule has 0 saturated heterocycles. The predicted molar refractivity (Wildman–Crippen MR) is 158 cm³/mol. The van der Waals surface area contributed by atoms with Crippen molar-refractivity contribution in [3.05, 3.63) is 60.8 Å². The van der Waals surface area contributed by atoms with Crippen molar-refractivity contribution in [2.75, 3.05) is 0 Å². The molecule has 0 spiro atoms. The van der Waals surface area contributed by atoms with Crippen molar-refractivity contribution in [1.82, 2.24) is 0 Å². The van der Waals surface area contributed by atoms with Crippen molar-refractivity contribution in [2.45, 2.75) is 91.8 Å². The number of ether oxygens (including phenoxy) is 2. The highest BCUT2D eigenvalue weighted by Crippen LogP contribution is 2.29. The molecule has 0 aromatic rings. The molecule has 40 heavy (non-hydrogen) atoms. The van der Waals surface area contributed by atoms with E-state index in [2.05, 4.69) is 6.58 Å². The molecule has 226 valence electrons. The summed E-state index contributed by atoms with van der Waals surface area (Å²) in [5.41, 5.74) is 6.32. The number of allylic oxidation sites excluding steroid dienone is 3. The molecule has 0 aromatic heterocycles. The number of amides is 1. The van der Waals surface area contributed by atoms with Gasteiger partial charge in [-0.25, -0.2) is 9.59 Å². The molecule has 0 bridgehead atoms. The van der Waals surface area contributed by atoms with E-state index in [0.29, 0.717) is 12.8 Å². The predicted octanol–water partition coefficient (Wildman–Crippen LogP) is 4.86. The van der Waals surface area contributed by atoms with Crippen LogP contribution in [-0.4, -0.2) is 57.9 Å². The van der Waals surface area contributed by atoms with Crippen molar-refractivity contribution in [2.24, 2.45) is 41.2 Å². The summed E-state index contributed by atoms with van der Waals surface area (Å²) >= 11 is 0. The third-order valence-corrected chi connectivity index (χ3v) is 7.73. The van der Waals surface area contributed by atoms with Crippen LogP contribution in [0.2, 0.25) is 0 Å². The lowest BCUT2D eigenvalue weighted by Crippen LogP contribution is -2.41. The summed E-state index contributed by atoms with van der Waals surface area (Å²) in [5, 5.41) is 32.4. The number of carbonyl (C=O) groups excluding carboxylic acids is 2. The van der Waals surface area contributed by atoms with E-state index in [-0.39, 0.29) is 41.6 Å². The molecule has 8 heteroatoms. The first-order chi connectivity index (χ1) is 18.7. The fraction of sp³-hybridized carbons (Fsp3) is 0.625. The third-order valence-electron chi connectivity index (χ3n) is 7.73. The van der Waals surface area contributed by atoms with Crippen molar-refractivity contribution < 1.29 is 34.4 Å². The van der Waals surface area contributed by atoms with Gasteiger partial charge in [0.05, 0.1) is 18.3 Å². The number of hydrogen-bond donors (Lipinski definition) is 4. The second-order valence-corrected chi connectivity index (χ2v) is 11.5. The van der Waals surface area contributed by atoms with Gasteiger partial charge in [-0.05, 0) is 19.3 Å². The highest BCUT2D eigenvalue weighted by molar-refractivity contribution is 5.82. The number of primary amides is 1. The van der Waals surface area contributed by atoms with Gasteiger partial charge in [-0.1, -0.05) is 96.2 Å². The van der Waals surface area contributed by atoms with E-state index in [1.807, 2.05) is 60.6 Å². The molecule has 0 radical (unpaired) electrons. The minimum atomic E-state index is -0.880. The summed E-state index contributed by atoms with van der Waals surface area (Å²) in [6.45, 7) is 17.1. The molecule has 0 fully saturated rings.